The van der Waals surface area contributed by atoms with E-state index in [1.165, 1.54) is 18.6 Å². The maximum atomic E-state index is 5.76. The third-order valence-corrected chi connectivity index (χ3v) is 5.99. The molecule has 0 amide bonds. The summed E-state index contributed by atoms with van der Waals surface area (Å²) in [6.07, 6.45) is 4.50. The quantitative estimate of drug-likeness (QED) is 0.821. The molecule has 3 fully saturated rings. The summed E-state index contributed by atoms with van der Waals surface area (Å²) in [6, 6.07) is 1.36. The minimum Gasteiger partial charge on any atom is -0.348 e. The van der Waals surface area contributed by atoms with Gasteiger partial charge >= 0.3 is 0 Å². The molecule has 1 N–H and O–H groups in total. The number of rotatable bonds is 2. The van der Waals surface area contributed by atoms with Gasteiger partial charge < -0.3 is 14.8 Å². The van der Waals surface area contributed by atoms with Gasteiger partial charge in [-0.25, -0.2) is 0 Å². The van der Waals surface area contributed by atoms with Crippen molar-refractivity contribution in [3.63, 3.8) is 0 Å². The summed E-state index contributed by atoms with van der Waals surface area (Å²) in [5.41, 5.74) is 0. The maximum absolute atomic E-state index is 5.76. The third-order valence-electron chi connectivity index (χ3n) is 4.46. The molecule has 1 atom stereocenters. The van der Waals surface area contributed by atoms with Crippen LogP contribution >= 0.6 is 11.8 Å². The van der Waals surface area contributed by atoms with Crippen LogP contribution in [0.1, 0.15) is 39.5 Å². The molecule has 1 aliphatic carbocycles. The minimum absolute atomic E-state index is 0.206. The zero-order valence-corrected chi connectivity index (χ0v) is 11.6. The molecule has 17 heavy (non-hydrogen) atoms. The first-order valence-corrected chi connectivity index (χ1v) is 7.76. The zero-order chi connectivity index (χ0) is 11.9. The highest BCUT2D eigenvalue weighted by molar-refractivity contribution is 8.02. The molecule has 2 heterocycles. The SMILES string of the molecule is CC1(C)SCC1NC1CCC2(CC1)OCCO2. The highest BCUT2D eigenvalue weighted by Gasteiger charge is 2.44. The number of hydrogen-bond donors (Lipinski definition) is 1. The molecule has 1 unspecified atom stereocenters. The van der Waals surface area contributed by atoms with Crippen molar-refractivity contribution in [2.45, 2.75) is 62.1 Å². The molecule has 0 radical (unpaired) electrons. The molecular formula is C13H23NO2S. The van der Waals surface area contributed by atoms with Crippen molar-refractivity contribution in [1.82, 2.24) is 5.32 Å². The number of nitrogens with one attached hydrogen (secondary N) is 1. The lowest BCUT2D eigenvalue weighted by Gasteiger charge is -2.47. The van der Waals surface area contributed by atoms with Gasteiger partial charge in [0.25, 0.3) is 0 Å². The molecule has 1 spiro atoms. The lowest BCUT2D eigenvalue weighted by atomic mass is 9.88. The minimum atomic E-state index is -0.206. The largest absolute Gasteiger partial charge is 0.348 e. The Morgan fingerprint density at radius 2 is 1.76 bits per heavy atom. The molecule has 0 aromatic heterocycles. The molecule has 2 saturated heterocycles. The Morgan fingerprint density at radius 3 is 2.24 bits per heavy atom. The van der Waals surface area contributed by atoms with Crippen LogP contribution in [0.5, 0.6) is 0 Å². The van der Waals surface area contributed by atoms with Crippen molar-refractivity contribution in [3.05, 3.63) is 0 Å². The fraction of sp³-hybridized carbons (Fsp3) is 1.00. The predicted octanol–water partition coefficient (Wildman–Crippen LogP) is 2.16. The molecule has 3 nitrogen and oxygen atoms in total. The van der Waals surface area contributed by atoms with Crippen LogP contribution in [0.25, 0.3) is 0 Å². The van der Waals surface area contributed by atoms with Gasteiger partial charge in [-0.15, -0.1) is 0 Å². The van der Waals surface area contributed by atoms with E-state index in [-0.39, 0.29) is 5.79 Å². The second-order valence-corrected chi connectivity index (χ2v) is 7.69. The van der Waals surface area contributed by atoms with E-state index in [4.69, 9.17) is 9.47 Å². The molecule has 2 aliphatic heterocycles. The van der Waals surface area contributed by atoms with Crippen molar-refractivity contribution in [3.8, 4) is 0 Å². The van der Waals surface area contributed by atoms with E-state index >= 15 is 0 Å². The molecule has 3 aliphatic rings. The van der Waals surface area contributed by atoms with Crippen LogP contribution in [0.3, 0.4) is 0 Å². The van der Waals surface area contributed by atoms with Gasteiger partial charge in [0.05, 0.1) is 13.2 Å². The van der Waals surface area contributed by atoms with Crippen molar-refractivity contribution >= 4 is 11.8 Å². The molecule has 4 heteroatoms. The van der Waals surface area contributed by atoms with E-state index < -0.39 is 0 Å². The van der Waals surface area contributed by atoms with Crippen molar-refractivity contribution in [2.24, 2.45) is 0 Å². The smallest absolute Gasteiger partial charge is 0.168 e. The summed E-state index contributed by atoms with van der Waals surface area (Å²) >= 11 is 2.07. The van der Waals surface area contributed by atoms with Crippen molar-refractivity contribution in [1.29, 1.82) is 0 Å². The second kappa shape index (κ2) is 4.41. The average Bonchev–Trinajstić information content (AvgIpc) is 2.76. The van der Waals surface area contributed by atoms with E-state index in [9.17, 15) is 0 Å². The van der Waals surface area contributed by atoms with Crippen LogP contribution in [-0.4, -0.2) is 41.6 Å². The van der Waals surface area contributed by atoms with Gasteiger partial charge in [0, 0.05) is 35.4 Å². The topological polar surface area (TPSA) is 30.5 Å². The molecule has 0 bridgehead atoms. The van der Waals surface area contributed by atoms with E-state index in [2.05, 4.69) is 30.9 Å². The Bertz CT molecular complexity index is 279. The molecule has 98 valence electrons. The third kappa shape index (κ3) is 2.37. The Morgan fingerprint density at radius 1 is 1.12 bits per heavy atom. The standard InChI is InChI=1S/C13H23NO2S/c1-12(2)11(9-17-12)14-10-3-5-13(6-4-10)15-7-8-16-13/h10-11,14H,3-9H2,1-2H3. The maximum Gasteiger partial charge on any atom is 0.168 e. The molecule has 0 aromatic rings. The molecule has 0 aromatic carbocycles. The summed E-state index contributed by atoms with van der Waals surface area (Å²) in [7, 11) is 0. The molecule has 1 saturated carbocycles. The van der Waals surface area contributed by atoms with Crippen LogP contribution in [0, 0.1) is 0 Å². The Balaban J connectivity index is 1.48. The fourth-order valence-electron chi connectivity index (χ4n) is 3.04. The highest BCUT2D eigenvalue weighted by Crippen LogP contribution is 2.42. The summed E-state index contributed by atoms with van der Waals surface area (Å²) in [4.78, 5) is 0. The first-order chi connectivity index (χ1) is 8.10. The van der Waals surface area contributed by atoms with E-state index in [1.54, 1.807) is 0 Å². The summed E-state index contributed by atoms with van der Waals surface area (Å²) in [5.74, 6) is 1.06. The van der Waals surface area contributed by atoms with Gasteiger partial charge in [-0.05, 0) is 26.7 Å². The van der Waals surface area contributed by atoms with E-state index in [0.717, 1.165) is 26.1 Å². The van der Waals surface area contributed by atoms with Crippen molar-refractivity contribution in [2.75, 3.05) is 19.0 Å². The second-order valence-electron chi connectivity index (χ2n) is 6.02. The van der Waals surface area contributed by atoms with E-state index in [1.807, 2.05) is 0 Å². The summed E-state index contributed by atoms with van der Waals surface area (Å²) in [5, 5.41) is 3.82. The Kier molecular flexibility index (Phi) is 3.18. The summed E-state index contributed by atoms with van der Waals surface area (Å²) in [6.45, 7) is 6.24. The van der Waals surface area contributed by atoms with Gasteiger partial charge in [-0.1, -0.05) is 0 Å². The van der Waals surface area contributed by atoms with Crippen molar-refractivity contribution < 1.29 is 9.47 Å². The Labute approximate surface area is 108 Å². The van der Waals surface area contributed by atoms with Gasteiger partial charge in [0.1, 0.15) is 0 Å². The molecular weight excluding hydrogens is 234 g/mol. The summed E-state index contributed by atoms with van der Waals surface area (Å²) < 4.78 is 11.9. The van der Waals surface area contributed by atoms with Crippen LogP contribution in [0.4, 0.5) is 0 Å². The Hall–Kier alpha value is 0.230. The van der Waals surface area contributed by atoms with Gasteiger partial charge in [0.15, 0.2) is 5.79 Å². The normalized spacial score (nSPS) is 36.0. The van der Waals surface area contributed by atoms with Gasteiger partial charge in [-0.3, -0.25) is 0 Å². The number of thioether (sulfide) groups is 1. The van der Waals surface area contributed by atoms with Crippen LogP contribution in [0.2, 0.25) is 0 Å². The van der Waals surface area contributed by atoms with Crippen LogP contribution < -0.4 is 5.32 Å². The zero-order valence-electron chi connectivity index (χ0n) is 10.8. The van der Waals surface area contributed by atoms with Gasteiger partial charge in [-0.2, -0.15) is 11.8 Å². The number of ether oxygens (including phenoxy) is 2. The lowest BCUT2D eigenvalue weighted by Crippen LogP contribution is -2.58. The lowest BCUT2D eigenvalue weighted by molar-refractivity contribution is -0.179. The average molecular weight is 257 g/mol. The fourth-order valence-corrected chi connectivity index (χ4v) is 4.21. The predicted molar refractivity (Wildman–Crippen MR) is 70.4 cm³/mol. The first kappa shape index (κ1) is 12.3. The first-order valence-electron chi connectivity index (χ1n) is 6.78. The highest BCUT2D eigenvalue weighted by atomic mass is 32.2. The molecule has 3 rings (SSSR count). The van der Waals surface area contributed by atoms with E-state index in [0.29, 0.717) is 16.8 Å². The number of hydrogen-bond acceptors (Lipinski definition) is 4. The monoisotopic (exact) mass is 257 g/mol. The van der Waals surface area contributed by atoms with Crippen LogP contribution in [0.15, 0.2) is 0 Å². The van der Waals surface area contributed by atoms with Gasteiger partial charge in [0.2, 0.25) is 0 Å². The van der Waals surface area contributed by atoms with Crippen LogP contribution in [-0.2, 0) is 9.47 Å².